The molecule has 0 bridgehead atoms. The Hall–Kier alpha value is -6.84. The number of nitrogens with two attached hydrogens (primary N) is 1. The number of ether oxygens (including phenoxy) is 1. The normalized spacial score (nSPS) is 14.9. The summed E-state index contributed by atoms with van der Waals surface area (Å²) in [6.45, 7) is 5.53. The number of nitrogen functional groups attached to an aromatic ring is 1. The number of aldehydes is 1. The van der Waals surface area contributed by atoms with Gasteiger partial charge in [-0.1, -0.05) is 0 Å². The molecule has 0 spiro atoms. The Labute approximate surface area is 333 Å². The number of carbonyl (C=O) groups is 2. The molecular formula is C42H47F2N9O5. The van der Waals surface area contributed by atoms with Crippen LogP contribution in [-0.4, -0.2) is 59.7 Å². The molecule has 0 radical (unpaired) electrons. The lowest BCUT2D eigenvalue weighted by molar-refractivity contribution is -0.111. The molecule has 0 atom stereocenters. The second-order valence-corrected chi connectivity index (χ2v) is 14.6. The summed E-state index contributed by atoms with van der Waals surface area (Å²) in [5.41, 5.74) is 8.89. The van der Waals surface area contributed by atoms with E-state index in [1.165, 1.54) is 38.0 Å². The average Bonchev–Trinajstić information content (AvgIpc) is 3.73. The third-order valence-electron chi connectivity index (χ3n) is 9.07. The minimum atomic E-state index is -0.454. The van der Waals surface area contributed by atoms with Crippen molar-refractivity contribution in [2.75, 3.05) is 18.1 Å². The largest absolute Gasteiger partial charge is 0.444 e. The molecule has 2 aromatic carbocycles. The molecule has 14 nitrogen and oxygen atoms in total. The van der Waals surface area contributed by atoms with Crippen LogP contribution in [0.3, 0.4) is 0 Å². The number of pyridine rings is 2. The van der Waals surface area contributed by atoms with Gasteiger partial charge in [-0.15, -0.1) is 0 Å². The standard InChI is InChI=1S/2C15H13FN4O.C12H21NO3/c1-19-9-13(10-6-7-18-14(17)8-10)20(15(19)21)12-4-2-11(16)3-5-12;1-17-14-8-10(6-7-18-14)13-9-19-15(21)20(13)12-4-2-11(16)3-5-12;1-12(2,3)16-11(15)13-10-6-4-9(8-14)5-7-10/h2-9H,1H3,(H2,17,18);2-9H,1H3,(H,17,18)(H,19,21);8-10H,4-7H2,1-3H3,(H,13,15). The van der Waals surface area contributed by atoms with Crippen LogP contribution in [-0.2, 0) is 16.6 Å². The van der Waals surface area contributed by atoms with Crippen molar-refractivity contribution in [2.24, 2.45) is 13.0 Å². The Bertz CT molecular complexity index is 2420. The van der Waals surface area contributed by atoms with Crippen molar-refractivity contribution in [1.82, 2.24) is 34.0 Å². The van der Waals surface area contributed by atoms with Crippen LogP contribution in [0.25, 0.3) is 33.9 Å². The van der Waals surface area contributed by atoms with Crippen LogP contribution in [0.1, 0.15) is 46.5 Å². The first-order valence-electron chi connectivity index (χ1n) is 18.6. The highest BCUT2D eigenvalue weighted by atomic mass is 19.1. The van der Waals surface area contributed by atoms with Gasteiger partial charge in [0.1, 0.15) is 35.2 Å². The summed E-state index contributed by atoms with van der Waals surface area (Å²) >= 11 is 0. The summed E-state index contributed by atoms with van der Waals surface area (Å²) < 4.78 is 35.8. The summed E-state index contributed by atoms with van der Waals surface area (Å²) in [4.78, 5) is 57.1. The number of anilines is 2. The molecule has 0 saturated heterocycles. The number of H-pyrrole nitrogens is 1. The number of benzene rings is 2. The first-order chi connectivity index (χ1) is 27.6. The average molecular weight is 796 g/mol. The zero-order valence-corrected chi connectivity index (χ0v) is 32.9. The monoisotopic (exact) mass is 795 g/mol. The van der Waals surface area contributed by atoms with Gasteiger partial charge in [0.25, 0.3) is 0 Å². The molecule has 6 aromatic rings. The lowest BCUT2D eigenvalue weighted by atomic mass is 9.87. The maximum atomic E-state index is 13.1. The van der Waals surface area contributed by atoms with E-state index in [-0.39, 0.29) is 41.1 Å². The predicted molar refractivity (Wildman–Crippen MR) is 219 cm³/mol. The molecule has 0 unspecified atom stereocenters. The summed E-state index contributed by atoms with van der Waals surface area (Å²) in [5, 5.41) is 5.80. The highest BCUT2D eigenvalue weighted by Gasteiger charge is 2.24. The number of amides is 1. The van der Waals surface area contributed by atoms with Crippen molar-refractivity contribution >= 4 is 24.0 Å². The lowest BCUT2D eigenvalue weighted by Gasteiger charge is -2.27. The molecule has 0 aliphatic heterocycles. The highest BCUT2D eigenvalue weighted by Crippen LogP contribution is 2.25. The molecule has 58 heavy (non-hydrogen) atoms. The second-order valence-electron chi connectivity index (χ2n) is 14.6. The molecule has 4 aromatic heterocycles. The topological polar surface area (TPSA) is 184 Å². The van der Waals surface area contributed by atoms with Crippen LogP contribution in [0.15, 0.2) is 107 Å². The van der Waals surface area contributed by atoms with E-state index in [0.717, 1.165) is 43.1 Å². The summed E-state index contributed by atoms with van der Waals surface area (Å²) in [5.74, 6) is 0.556. The number of halogens is 2. The Balaban J connectivity index is 0.000000168. The zero-order chi connectivity index (χ0) is 42.0. The molecule has 1 amide bonds. The van der Waals surface area contributed by atoms with Gasteiger partial charge in [0.2, 0.25) is 0 Å². The van der Waals surface area contributed by atoms with Gasteiger partial charge in [0, 0.05) is 62.0 Å². The number of aromatic amines is 1. The molecule has 7 rings (SSSR count). The fraction of sp³-hybridized carbons (Fsp3) is 0.286. The predicted octanol–water partition coefficient (Wildman–Crippen LogP) is 6.64. The van der Waals surface area contributed by atoms with Crippen LogP contribution >= 0.6 is 0 Å². The number of alkyl carbamates (subject to hydrolysis) is 1. The van der Waals surface area contributed by atoms with Gasteiger partial charge >= 0.3 is 17.5 Å². The minimum Gasteiger partial charge on any atom is -0.444 e. The quantitative estimate of drug-likeness (QED) is 0.129. The van der Waals surface area contributed by atoms with Crippen molar-refractivity contribution in [3.63, 3.8) is 0 Å². The number of aryl methyl sites for hydroxylation is 1. The maximum Gasteiger partial charge on any atom is 0.407 e. The molecule has 5 N–H and O–H groups in total. The third-order valence-corrected chi connectivity index (χ3v) is 9.07. The molecule has 304 valence electrons. The maximum absolute atomic E-state index is 13.1. The number of imidazole rings is 2. The summed E-state index contributed by atoms with van der Waals surface area (Å²) in [6.07, 6.45) is 10.7. The number of nitrogens with one attached hydrogen (secondary N) is 3. The van der Waals surface area contributed by atoms with Crippen LogP contribution in [0, 0.1) is 17.6 Å². The fourth-order valence-corrected chi connectivity index (χ4v) is 6.24. The Morgan fingerprint density at radius 2 is 1.43 bits per heavy atom. The van der Waals surface area contributed by atoms with Crippen LogP contribution in [0.5, 0.6) is 0 Å². The summed E-state index contributed by atoms with van der Waals surface area (Å²) in [6, 6.07) is 18.8. The van der Waals surface area contributed by atoms with Crippen LogP contribution < -0.4 is 27.7 Å². The number of aromatic nitrogens is 6. The van der Waals surface area contributed by atoms with Gasteiger partial charge in [0.05, 0.1) is 22.8 Å². The number of carbonyl (C=O) groups excluding carboxylic acids is 2. The van der Waals surface area contributed by atoms with E-state index in [4.69, 9.17) is 10.5 Å². The highest BCUT2D eigenvalue weighted by molar-refractivity contribution is 5.68. The third kappa shape index (κ3) is 11.1. The van der Waals surface area contributed by atoms with E-state index in [9.17, 15) is 28.0 Å². The van der Waals surface area contributed by atoms with Gasteiger partial charge in [-0.05, 0) is 119 Å². The molecule has 1 aliphatic rings. The Kier molecular flexibility index (Phi) is 13.8. The van der Waals surface area contributed by atoms with E-state index in [0.29, 0.717) is 34.4 Å². The van der Waals surface area contributed by atoms with E-state index in [1.807, 2.05) is 32.9 Å². The van der Waals surface area contributed by atoms with E-state index >= 15 is 0 Å². The molecule has 4 heterocycles. The first kappa shape index (κ1) is 42.3. The number of hydrogen-bond acceptors (Lipinski definition) is 9. The number of rotatable bonds is 7. The first-order valence-corrected chi connectivity index (χ1v) is 18.6. The van der Waals surface area contributed by atoms with E-state index in [1.54, 1.807) is 75.3 Å². The van der Waals surface area contributed by atoms with Crippen LogP contribution in [0.2, 0.25) is 0 Å². The Morgan fingerprint density at radius 1 is 0.862 bits per heavy atom. The van der Waals surface area contributed by atoms with Crippen LogP contribution in [0.4, 0.5) is 25.2 Å². The Morgan fingerprint density at radius 3 is 1.98 bits per heavy atom. The number of nitrogens with zero attached hydrogens (tertiary/aromatic N) is 5. The zero-order valence-electron chi connectivity index (χ0n) is 32.9. The number of hydrogen-bond donors (Lipinski definition) is 4. The second kappa shape index (κ2) is 18.9. The van der Waals surface area contributed by atoms with E-state index < -0.39 is 5.60 Å². The van der Waals surface area contributed by atoms with Gasteiger partial charge in [0.15, 0.2) is 0 Å². The van der Waals surface area contributed by atoms with Gasteiger partial charge in [-0.2, -0.15) is 0 Å². The lowest BCUT2D eigenvalue weighted by Crippen LogP contribution is -2.41. The SMILES string of the molecule is CC(C)(C)OC(=O)NC1CCC(C=O)CC1.CNc1cc(-c2c[nH]c(=O)n2-c2ccc(F)cc2)ccn1.Cn1cc(-c2ccnc(N)c2)n(-c2ccc(F)cc2)c1=O. The minimum absolute atomic E-state index is 0.158. The molecule has 1 fully saturated rings. The molecule has 1 saturated carbocycles. The van der Waals surface area contributed by atoms with Crippen molar-refractivity contribution in [2.45, 2.75) is 58.1 Å². The van der Waals surface area contributed by atoms with Crippen molar-refractivity contribution in [3.05, 3.63) is 130 Å². The van der Waals surface area contributed by atoms with E-state index in [2.05, 4.69) is 25.6 Å². The van der Waals surface area contributed by atoms with Crippen molar-refractivity contribution in [1.29, 1.82) is 0 Å². The molecular weight excluding hydrogens is 749 g/mol. The van der Waals surface area contributed by atoms with Crippen molar-refractivity contribution < 1.29 is 23.1 Å². The molecule has 1 aliphatic carbocycles. The van der Waals surface area contributed by atoms with Gasteiger partial charge in [-0.25, -0.2) is 33.1 Å². The fourth-order valence-electron chi connectivity index (χ4n) is 6.24. The van der Waals surface area contributed by atoms with Crippen molar-refractivity contribution in [3.8, 4) is 33.9 Å². The summed E-state index contributed by atoms with van der Waals surface area (Å²) in [7, 11) is 3.44. The van der Waals surface area contributed by atoms with Gasteiger partial charge in [-0.3, -0.25) is 9.13 Å². The smallest absolute Gasteiger partial charge is 0.407 e. The van der Waals surface area contributed by atoms with Gasteiger partial charge < -0.3 is 35.4 Å². The molecule has 16 heteroatoms.